The van der Waals surface area contributed by atoms with Crippen molar-refractivity contribution < 1.29 is 4.79 Å². The van der Waals surface area contributed by atoms with Gasteiger partial charge in [-0.1, -0.05) is 0 Å². The highest BCUT2D eigenvalue weighted by molar-refractivity contribution is 5.82. The Morgan fingerprint density at radius 2 is 2.39 bits per heavy atom. The third kappa shape index (κ3) is 2.03. The molecule has 1 unspecified atom stereocenters. The van der Waals surface area contributed by atoms with Crippen molar-refractivity contribution >= 4 is 5.91 Å². The van der Waals surface area contributed by atoms with Gasteiger partial charge in [-0.3, -0.25) is 9.48 Å². The van der Waals surface area contributed by atoms with Crippen LogP contribution in [-0.2, 0) is 18.4 Å². The van der Waals surface area contributed by atoms with Gasteiger partial charge in [0.25, 0.3) is 0 Å². The number of hydrogen-bond acceptors (Lipinski definition) is 3. The van der Waals surface area contributed by atoms with Gasteiger partial charge in [-0.25, -0.2) is 0 Å². The van der Waals surface area contributed by atoms with Crippen molar-refractivity contribution in [2.45, 2.75) is 25.8 Å². The number of nitrogens with one attached hydrogen (secondary N) is 2. The second-order valence-electron chi connectivity index (χ2n) is 5.53. The second kappa shape index (κ2) is 4.39. The van der Waals surface area contributed by atoms with Crippen LogP contribution in [0, 0.1) is 11.3 Å². The molecular formula is C13H20N4O. The molecule has 2 N–H and O–H groups in total. The summed E-state index contributed by atoms with van der Waals surface area (Å²) < 4.78 is 1.80. The first-order chi connectivity index (χ1) is 8.71. The van der Waals surface area contributed by atoms with Crippen LogP contribution in [0.15, 0.2) is 12.3 Å². The highest BCUT2D eigenvalue weighted by atomic mass is 16.2. The van der Waals surface area contributed by atoms with E-state index in [1.807, 2.05) is 13.1 Å². The fourth-order valence-corrected chi connectivity index (χ4v) is 3.07. The molecule has 5 nitrogen and oxygen atoms in total. The number of piperidine rings is 1. The fraction of sp³-hybridized carbons (Fsp3) is 0.692. The summed E-state index contributed by atoms with van der Waals surface area (Å²) in [7, 11) is 1.90. The quantitative estimate of drug-likeness (QED) is 0.815. The number of aromatic nitrogens is 2. The highest BCUT2D eigenvalue weighted by Gasteiger charge is 2.57. The maximum atomic E-state index is 12.1. The predicted molar refractivity (Wildman–Crippen MR) is 67.7 cm³/mol. The number of rotatable bonds is 3. The minimum absolute atomic E-state index is 0.220. The third-order valence-electron chi connectivity index (χ3n) is 4.47. The van der Waals surface area contributed by atoms with Gasteiger partial charge >= 0.3 is 0 Å². The van der Waals surface area contributed by atoms with E-state index >= 15 is 0 Å². The Labute approximate surface area is 107 Å². The largest absolute Gasteiger partial charge is 0.350 e. The van der Waals surface area contributed by atoms with Gasteiger partial charge in [0.05, 0.1) is 12.2 Å². The first kappa shape index (κ1) is 11.7. The molecule has 1 saturated carbocycles. The van der Waals surface area contributed by atoms with E-state index in [1.54, 1.807) is 10.9 Å². The van der Waals surface area contributed by atoms with Gasteiger partial charge in [0, 0.05) is 19.2 Å². The molecule has 0 bridgehead atoms. The molecule has 5 heteroatoms. The Morgan fingerprint density at radius 3 is 3.06 bits per heavy atom. The number of carbonyl (C=O) groups is 1. The molecule has 1 spiro atoms. The van der Waals surface area contributed by atoms with Gasteiger partial charge < -0.3 is 10.6 Å². The lowest BCUT2D eigenvalue weighted by atomic mass is 9.92. The molecule has 1 amide bonds. The van der Waals surface area contributed by atoms with Gasteiger partial charge in [0.1, 0.15) is 0 Å². The number of aryl methyl sites for hydroxylation is 1. The predicted octanol–water partition coefficient (Wildman–Crippen LogP) is 0.426. The van der Waals surface area contributed by atoms with E-state index in [2.05, 4.69) is 15.7 Å². The van der Waals surface area contributed by atoms with Gasteiger partial charge in [-0.2, -0.15) is 5.10 Å². The van der Waals surface area contributed by atoms with Crippen LogP contribution in [0.4, 0.5) is 0 Å². The number of hydrogen-bond donors (Lipinski definition) is 2. The molecule has 98 valence electrons. The van der Waals surface area contributed by atoms with Crippen molar-refractivity contribution in [3.8, 4) is 0 Å². The van der Waals surface area contributed by atoms with Crippen LogP contribution >= 0.6 is 0 Å². The monoisotopic (exact) mass is 248 g/mol. The van der Waals surface area contributed by atoms with Gasteiger partial charge in [-0.15, -0.1) is 0 Å². The van der Waals surface area contributed by atoms with Crippen molar-refractivity contribution in [2.75, 3.05) is 13.1 Å². The van der Waals surface area contributed by atoms with Crippen LogP contribution in [0.3, 0.4) is 0 Å². The van der Waals surface area contributed by atoms with E-state index in [4.69, 9.17) is 0 Å². The molecule has 1 aromatic heterocycles. The summed E-state index contributed by atoms with van der Waals surface area (Å²) in [5, 5.41) is 10.5. The number of carbonyl (C=O) groups excluding carboxylic acids is 1. The number of nitrogens with zero attached hydrogens (tertiary/aromatic N) is 2. The Kier molecular flexibility index (Phi) is 2.86. The van der Waals surface area contributed by atoms with Crippen LogP contribution in [0.1, 0.15) is 25.0 Å². The summed E-state index contributed by atoms with van der Waals surface area (Å²) in [5.41, 5.74) is 1.37. The third-order valence-corrected chi connectivity index (χ3v) is 4.47. The average Bonchev–Trinajstić information content (AvgIpc) is 2.90. The topological polar surface area (TPSA) is 59.0 Å². The zero-order valence-electron chi connectivity index (χ0n) is 10.8. The molecular weight excluding hydrogens is 228 g/mol. The molecule has 2 fully saturated rings. The molecule has 18 heavy (non-hydrogen) atoms. The summed E-state index contributed by atoms with van der Waals surface area (Å²) in [6.07, 6.45) is 5.13. The minimum Gasteiger partial charge on any atom is -0.350 e. The van der Waals surface area contributed by atoms with E-state index in [0.717, 1.165) is 38.0 Å². The maximum absolute atomic E-state index is 12.1. The van der Waals surface area contributed by atoms with E-state index in [9.17, 15) is 4.79 Å². The van der Waals surface area contributed by atoms with Crippen LogP contribution in [0.2, 0.25) is 0 Å². The first-order valence-electron chi connectivity index (χ1n) is 6.67. The van der Waals surface area contributed by atoms with Gasteiger partial charge in [0.2, 0.25) is 5.91 Å². The average molecular weight is 248 g/mol. The lowest BCUT2D eigenvalue weighted by Crippen LogP contribution is -2.33. The van der Waals surface area contributed by atoms with E-state index < -0.39 is 0 Å². The van der Waals surface area contributed by atoms with Crippen molar-refractivity contribution in [1.82, 2.24) is 20.4 Å². The lowest BCUT2D eigenvalue weighted by Gasteiger charge is -2.23. The fourth-order valence-electron chi connectivity index (χ4n) is 3.07. The molecule has 1 atom stereocenters. The summed E-state index contributed by atoms with van der Waals surface area (Å²) >= 11 is 0. The van der Waals surface area contributed by atoms with Crippen molar-refractivity contribution in [2.24, 2.45) is 18.4 Å². The Balaban J connectivity index is 1.53. The zero-order valence-corrected chi connectivity index (χ0v) is 10.8. The van der Waals surface area contributed by atoms with Crippen LogP contribution in [0.5, 0.6) is 0 Å². The van der Waals surface area contributed by atoms with Crippen LogP contribution < -0.4 is 10.6 Å². The molecule has 1 aliphatic heterocycles. The highest BCUT2D eigenvalue weighted by Crippen LogP contribution is 2.58. The summed E-state index contributed by atoms with van der Waals surface area (Å²) in [4.78, 5) is 12.1. The first-order valence-corrected chi connectivity index (χ1v) is 6.67. The van der Waals surface area contributed by atoms with Crippen LogP contribution in [-0.4, -0.2) is 28.8 Å². The van der Waals surface area contributed by atoms with Crippen molar-refractivity contribution in [1.29, 1.82) is 0 Å². The van der Waals surface area contributed by atoms with E-state index in [-0.39, 0.29) is 11.8 Å². The Bertz CT molecular complexity index is 448. The lowest BCUT2D eigenvalue weighted by molar-refractivity contribution is -0.123. The zero-order chi connectivity index (χ0) is 12.6. The summed E-state index contributed by atoms with van der Waals surface area (Å²) in [6.45, 7) is 2.71. The molecule has 0 radical (unpaired) electrons. The van der Waals surface area contributed by atoms with Crippen LogP contribution in [0.25, 0.3) is 0 Å². The maximum Gasteiger partial charge on any atom is 0.224 e. The SMILES string of the molecule is Cn1nccc1CNC(=O)C1CC12CCNCC2. The molecule has 2 aliphatic rings. The molecule has 2 heterocycles. The Hall–Kier alpha value is -1.36. The molecule has 3 rings (SSSR count). The molecule has 0 aromatic carbocycles. The van der Waals surface area contributed by atoms with E-state index in [0.29, 0.717) is 12.0 Å². The van der Waals surface area contributed by atoms with Crippen molar-refractivity contribution in [3.63, 3.8) is 0 Å². The smallest absolute Gasteiger partial charge is 0.224 e. The number of amides is 1. The van der Waals surface area contributed by atoms with E-state index in [1.165, 1.54) is 0 Å². The van der Waals surface area contributed by atoms with Gasteiger partial charge in [-0.05, 0) is 43.8 Å². The molecule has 1 saturated heterocycles. The van der Waals surface area contributed by atoms with Gasteiger partial charge in [0.15, 0.2) is 0 Å². The Morgan fingerprint density at radius 1 is 1.61 bits per heavy atom. The van der Waals surface area contributed by atoms with Crippen molar-refractivity contribution in [3.05, 3.63) is 18.0 Å². The summed E-state index contributed by atoms with van der Waals surface area (Å²) in [5.74, 6) is 0.464. The minimum atomic E-state index is 0.220. The second-order valence-corrected chi connectivity index (χ2v) is 5.53. The summed E-state index contributed by atoms with van der Waals surface area (Å²) in [6, 6.07) is 1.94. The molecule has 1 aliphatic carbocycles. The standard InChI is InChI=1S/C13H20N4O/c1-17-10(2-5-16-17)9-15-12(18)11-8-13(11)3-6-14-7-4-13/h2,5,11,14H,3-4,6-9H2,1H3,(H,15,18). The normalized spacial score (nSPS) is 25.1. The molecule has 1 aromatic rings.